The van der Waals surface area contributed by atoms with Crippen LogP contribution in [-0.4, -0.2) is 36.4 Å². The summed E-state index contributed by atoms with van der Waals surface area (Å²) in [5.74, 6) is -0.178. The minimum atomic E-state index is -0.189. The van der Waals surface area contributed by atoms with Crippen LogP contribution in [-0.2, 0) is 9.53 Å². The molecule has 2 fully saturated rings. The fourth-order valence-corrected chi connectivity index (χ4v) is 2.15. The number of aliphatic hydroxyl groups is 1. The summed E-state index contributed by atoms with van der Waals surface area (Å²) in [5.41, 5.74) is -0.00255. The second-order valence-electron chi connectivity index (χ2n) is 3.95. The predicted octanol–water partition coefficient (Wildman–Crippen LogP) is -0.338. The van der Waals surface area contributed by atoms with Crippen molar-refractivity contribution in [2.45, 2.75) is 31.8 Å². The lowest BCUT2D eigenvalue weighted by atomic mass is 10.0. The number of hydrogen-bond donors (Lipinski definition) is 2. The molecule has 1 heterocycles. The molecule has 1 saturated heterocycles. The van der Waals surface area contributed by atoms with Gasteiger partial charge in [0.2, 0.25) is 0 Å². The molecule has 0 bridgehead atoms. The first kappa shape index (κ1) is 8.97. The molecule has 0 aromatic rings. The molecular formula is C9H15NO3. The Kier molecular flexibility index (Phi) is 2.04. The second kappa shape index (κ2) is 2.96. The highest BCUT2D eigenvalue weighted by Gasteiger charge is 2.61. The fourth-order valence-electron chi connectivity index (χ4n) is 2.15. The largest absolute Gasteiger partial charge is 0.465 e. The number of esters is 1. The molecule has 2 rings (SSSR count). The summed E-state index contributed by atoms with van der Waals surface area (Å²) in [6.45, 7) is 2.41. The highest BCUT2D eigenvalue weighted by atomic mass is 16.5. The van der Waals surface area contributed by atoms with E-state index in [1.807, 2.05) is 0 Å². The molecule has 4 heteroatoms. The van der Waals surface area contributed by atoms with Gasteiger partial charge in [-0.3, -0.25) is 4.79 Å². The van der Waals surface area contributed by atoms with Crippen LogP contribution in [0.5, 0.6) is 0 Å². The number of nitrogens with one attached hydrogen (secondary N) is 1. The van der Waals surface area contributed by atoms with Crippen molar-refractivity contribution in [1.82, 2.24) is 5.32 Å². The van der Waals surface area contributed by atoms with Crippen molar-refractivity contribution in [3.63, 3.8) is 0 Å². The van der Waals surface area contributed by atoms with Crippen LogP contribution >= 0.6 is 0 Å². The monoisotopic (exact) mass is 185 g/mol. The summed E-state index contributed by atoms with van der Waals surface area (Å²) in [6, 6.07) is 0.151. The minimum Gasteiger partial charge on any atom is -0.465 e. The molecule has 2 N–H and O–H groups in total. The summed E-state index contributed by atoms with van der Waals surface area (Å²) in [5, 5.41) is 12.3. The Balaban J connectivity index is 1.89. The van der Waals surface area contributed by atoms with Gasteiger partial charge in [0.1, 0.15) is 6.04 Å². The van der Waals surface area contributed by atoms with Gasteiger partial charge in [0.25, 0.3) is 0 Å². The standard InChI is InChI=1S/C9H15NO3/c1-2-13-8(12)6-3-9(5-11)4-7(9)10-6/h6-7,10-11H,2-5H2,1H3/t6-,7-,9+/m0/s1. The first-order valence-electron chi connectivity index (χ1n) is 4.75. The Labute approximate surface area is 77.3 Å². The molecule has 13 heavy (non-hydrogen) atoms. The normalized spacial score (nSPS) is 41.4. The molecule has 2 aliphatic rings. The Morgan fingerprint density at radius 1 is 1.69 bits per heavy atom. The van der Waals surface area contributed by atoms with E-state index in [1.165, 1.54) is 0 Å². The molecule has 3 atom stereocenters. The quantitative estimate of drug-likeness (QED) is 0.591. The summed E-state index contributed by atoms with van der Waals surface area (Å²) in [4.78, 5) is 11.3. The van der Waals surface area contributed by atoms with Gasteiger partial charge >= 0.3 is 5.97 Å². The van der Waals surface area contributed by atoms with Crippen LogP contribution in [0.1, 0.15) is 19.8 Å². The number of piperidine rings is 1. The van der Waals surface area contributed by atoms with E-state index in [-0.39, 0.29) is 24.0 Å². The van der Waals surface area contributed by atoms with Crippen LogP contribution in [0.2, 0.25) is 0 Å². The molecule has 1 saturated carbocycles. The number of aliphatic hydroxyl groups excluding tert-OH is 1. The Hall–Kier alpha value is -0.610. The summed E-state index contributed by atoms with van der Waals surface area (Å²) >= 11 is 0. The zero-order valence-corrected chi connectivity index (χ0v) is 7.75. The lowest BCUT2D eigenvalue weighted by molar-refractivity contribution is -0.145. The highest BCUT2D eigenvalue weighted by molar-refractivity contribution is 5.77. The molecular weight excluding hydrogens is 170 g/mol. The number of rotatable bonds is 3. The Bertz CT molecular complexity index is 227. The van der Waals surface area contributed by atoms with Crippen LogP contribution in [0, 0.1) is 5.41 Å². The lowest BCUT2D eigenvalue weighted by Crippen LogP contribution is -2.35. The number of ether oxygens (including phenoxy) is 1. The lowest BCUT2D eigenvalue weighted by Gasteiger charge is -2.13. The first-order valence-corrected chi connectivity index (χ1v) is 4.75. The summed E-state index contributed by atoms with van der Waals surface area (Å²) < 4.78 is 4.90. The number of carbonyl (C=O) groups excluding carboxylic acids is 1. The van der Waals surface area contributed by atoms with Crippen LogP contribution in [0.3, 0.4) is 0 Å². The van der Waals surface area contributed by atoms with Gasteiger partial charge in [0.15, 0.2) is 0 Å². The van der Waals surface area contributed by atoms with Crippen molar-refractivity contribution in [3.8, 4) is 0 Å². The minimum absolute atomic E-state index is 0.00255. The van der Waals surface area contributed by atoms with E-state index in [2.05, 4.69) is 5.32 Å². The van der Waals surface area contributed by atoms with Crippen molar-refractivity contribution >= 4 is 5.97 Å². The second-order valence-corrected chi connectivity index (χ2v) is 3.95. The predicted molar refractivity (Wildman–Crippen MR) is 46.1 cm³/mol. The van der Waals surface area contributed by atoms with E-state index < -0.39 is 0 Å². The van der Waals surface area contributed by atoms with Gasteiger partial charge in [0.05, 0.1) is 13.2 Å². The summed E-state index contributed by atoms with van der Waals surface area (Å²) in [7, 11) is 0. The average molecular weight is 185 g/mol. The molecule has 1 aliphatic heterocycles. The van der Waals surface area contributed by atoms with E-state index in [0.29, 0.717) is 12.6 Å². The zero-order chi connectivity index (χ0) is 9.47. The molecule has 0 aromatic heterocycles. The highest BCUT2D eigenvalue weighted by Crippen LogP contribution is 2.54. The fraction of sp³-hybridized carbons (Fsp3) is 0.889. The molecule has 0 aromatic carbocycles. The number of hydrogen-bond acceptors (Lipinski definition) is 4. The Morgan fingerprint density at radius 2 is 2.46 bits per heavy atom. The zero-order valence-electron chi connectivity index (χ0n) is 7.75. The Morgan fingerprint density at radius 3 is 3.00 bits per heavy atom. The molecule has 0 unspecified atom stereocenters. The molecule has 74 valence electrons. The van der Waals surface area contributed by atoms with Crippen molar-refractivity contribution in [3.05, 3.63) is 0 Å². The third kappa shape index (κ3) is 1.34. The first-order chi connectivity index (χ1) is 6.22. The van der Waals surface area contributed by atoms with Crippen LogP contribution < -0.4 is 5.32 Å². The number of fused-ring (bicyclic) bond motifs is 1. The van der Waals surface area contributed by atoms with Crippen LogP contribution in [0.15, 0.2) is 0 Å². The molecule has 0 amide bonds. The maximum Gasteiger partial charge on any atom is 0.323 e. The van der Waals surface area contributed by atoms with Crippen LogP contribution in [0.25, 0.3) is 0 Å². The molecule has 4 nitrogen and oxygen atoms in total. The van der Waals surface area contributed by atoms with Gasteiger partial charge < -0.3 is 15.2 Å². The summed E-state index contributed by atoms with van der Waals surface area (Å²) in [6.07, 6.45) is 1.73. The van der Waals surface area contributed by atoms with Gasteiger partial charge in [-0.2, -0.15) is 0 Å². The van der Waals surface area contributed by atoms with E-state index in [1.54, 1.807) is 6.92 Å². The maximum atomic E-state index is 11.3. The van der Waals surface area contributed by atoms with E-state index >= 15 is 0 Å². The van der Waals surface area contributed by atoms with E-state index in [4.69, 9.17) is 9.84 Å². The van der Waals surface area contributed by atoms with E-state index in [0.717, 1.165) is 12.8 Å². The van der Waals surface area contributed by atoms with Crippen LogP contribution in [0.4, 0.5) is 0 Å². The molecule has 0 radical (unpaired) electrons. The smallest absolute Gasteiger partial charge is 0.323 e. The van der Waals surface area contributed by atoms with Gasteiger partial charge in [-0.15, -0.1) is 0 Å². The molecule has 0 spiro atoms. The maximum absolute atomic E-state index is 11.3. The van der Waals surface area contributed by atoms with Gasteiger partial charge in [-0.05, 0) is 19.8 Å². The van der Waals surface area contributed by atoms with Gasteiger partial charge in [-0.25, -0.2) is 0 Å². The van der Waals surface area contributed by atoms with Crippen molar-refractivity contribution < 1.29 is 14.6 Å². The van der Waals surface area contributed by atoms with E-state index in [9.17, 15) is 4.79 Å². The van der Waals surface area contributed by atoms with Crippen molar-refractivity contribution in [2.75, 3.05) is 13.2 Å². The molecule has 1 aliphatic carbocycles. The van der Waals surface area contributed by atoms with Gasteiger partial charge in [0, 0.05) is 11.5 Å². The van der Waals surface area contributed by atoms with Gasteiger partial charge in [-0.1, -0.05) is 0 Å². The third-order valence-corrected chi connectivity index (χ3v) is 3.09. The SMILES string of the molecule is CCOC(=O)[C@@H]1C[C@]2(CO)C[C@@H]2N1. The van der Waals surface area contributed by atoms with Crippen molar-refractivity contribution in [2.24, 2.45) is 5.41 Å². The topological polar surface area (TPSA) is 58.6 Å². The van der Waals surface area contributed by atoms with Crippen molar-refractivity contribution in [1.29, 1.82) is 0 Å². The average Bonchev–Trinajstić information content (AvgIpc) is 2.70. The third-order valence-electron chi connectivity index (χ3n) is 3.09. The number of carbonyl (C=O) groups is 1.